The second kappa shape index (κ2) is 10.1. The van der Waals surface area contributed by atoms with Crippen LogP contribution < -0.4 is 0 Å². The third-order valence-corrected chi connectivity index (χ3v) is 10.1. The van der Waals surface area contributed by atoms with E-state index in [0.29, 0.717) is 26.2 Å². The predicted molar refractivity (Wildman–Crippen MR) is 118 cm³/mol. The minimum Gasteiger partial charge on any atom is -0.416 e. The van der Waals surface area contributed by atoms with Crippen molar-refractivity contribution in [3.63, 3.8) is 0 Å². The monoisotopic (exact) mass is 450 g/mol. The molecule has 0 amide bonds. The van der Waals surface area contributed by atoms with Crippen LogP contribution in [0.25, 0.3) is 0 Å². The lowest BCUT2D eigenvalue weighted by Gasteiger charge is -2.36. The summed E-state index contributed by atoms with van der Waals surface area (Å²) in [4.78, 5) is 30.7. The molecule has 0 unspecified atom stereocenters. The molecule has 2 aromatic rings. The van der Waals surface area contributed by atoms with Crippen molar-refractivity contribution in [2.45, 2.75) is 52.0 Å². The van der Waals surface area contributed by atoms with E-state index in [1.54, 1.807) is 6.20 Å². The third-order valence-electron chi connectivity index (χ3n) is 5.54. The number of hydrogen-bond acceptors (Lipinski definition) is 8. The second-order valence-corrected chi connectivity index (χ2v) is 13.6. The van der Waals surface area contributed by atoms with Gasteiger partial charge in [0, 0.05) is 32.4 Å². The maximum atomic E-state index is 11.2. The van der Waals surface area contributed by atoms with E-state index in [1.165, 1.54) is 4.57 Å². The summed E-state index contributed by atoms with van der Waals surface area (Å²) in [6.07, 6.45) is 2.81. The Labute approximate surface area is 182 Å². The molecule has 2 rings (SSSR count). The highest BCUT2D eigenvalue weighted by atomic mass is 28.4. The molecule has 0 aliphatic heterocycles. The first kappa shape index (κ1) is 24.6. The van der Waals surface area contributed by atoms with Gasteiger partial charge in [-0.3, -0.25) is 9.88 Å². The molecule has 0 aliphatic rings. The molecule has 2 heterocycles. The van der Waals surface area contributed by atoms with Gasteiger partial charge in [-0.05, 0) is 45.1 Å². The van der Waals surface area contributed by atoms with Crippen molar-refractivity contribution < 1.29 is 14.3 Å². The predicted octanol–water partition coefficient (Wildman–Crippen LogP) is 3.62. The zero-order chi connectivity index (χ0) is 23.2. The van der Waals surface area contributed by atoms with Crippen molar-refractivity contribution in [3.8, 4) is 0 Å². The molecule has 0 radical (unpaired) electrons. The summed E-state index contributed by atoms with van der Waals surface area (Å²) in [5.74, 6) is -1.08. The average Bonchev–Trinajstić information content (AvgIpc) is 3.11. The highest BCUT2D eigenvalue weighted by Gasteiger charge is 2.37. The SMILES string of the molecule is CC(C)(C)[Si](C)(C)OCCN(CCn1cc([N+](=O)[O-])nc1[N+](=O)[O-])Cc1ccccn1. The normalized spacial score (nSPS) is 12.3. The van der Waals surface area contributed by atoms with Crippen molar-refractivity contribution in [1.29, 1.82) is 0 Å². The minimum atomic E-state index is -1.91. The van der Waals surface area contributed by atoms with Crippen LogP contribution in [0.5, 0.6) is 0 Å². The van der Waals surface area contributed by atoms with E-state index in [-0.39, 0.29) is 11.6 Å². The Morgan fingerprint density at radius 2 is 1.87 bits per heavy atom. The molecule has 0 saturated heterocycles. The van der Waals surface area contributed by atoms with Crippen molar-refractivity contribution in [2.75, 3.05) is 19.7 Å². The Bertz CT molecular complexity index is 897. The molecular weight excluding hydrogens is 420 g/mol. The first-order chi connectivity index (χ1) is 14.4. The van der Waals surface area contributed by atoms with Gasteiger partial charge in [-0.25, -0.2) is 4.57 Å². The number of aromatic nitrogens is 3. The van der Waals surface area contributed by atoms with E-state index >= 15 is 0 Å². The summed E-state index contributed by atoms with van der Waals surface area (Å²) < 4.78 is 7.48. The van der Waals surface area contributed by atoms with Crippen LogP contribution in [0.2, 0.25) is 18.1 Å². The second-order valence-electron chi connectivity index (χ2n) is 8.81. The summed E-state index contributed by atoms with van der Waals surface area (Å²) in [6.45, 7) is 13.2. The Morgan fingerprint density at radius 3 is 2.42 bits per heavy atom. The Hall–Kier alpha value is -2.70. The Morgan fingerprint density at radius 1 is 1.16 bits per heavy atom. The highest BCUT2D eigenvalue weighted by Crippen LogP contribution is 2.36. The largest absolute Gasteiger partial charge is 0.439 e. The van der Waals surface area contributed by atoms with Crippen LogP contribution in [-0.4, -0.2) is 57.3 Å². The van der Waals surface area contributed by atoms with Crippen LogP contribution in [0.4, 0.5) is 11.8 Å². The van der Waals surface area contributed by atoms with Gasteiger partial charge in [0.05, 0.1) is 12.2 Å². The number of imidazole rings is 1. The molecule has 11 nitrogen and oxygen atoms in total. The smallest absolute Gasteiger partial charge is 0.416 e. The lowest BCUT2D eigenvalue weighted by molar-refractivity contribution is -0.403. The fourth-order valence-electron chi connectivity index (χ4n) is 2.68. The Balaban J connectivity index is 2.10. The van der Waals surface area contributed by atoms with Crippen LogP contribution in [0.1, 0.15) is 26.5 Å². The van der Waals surface area contributed by atoms with E-state index < -0.39 is 29.9 Å². The molecule has 0 atom stereocenters. The standard InChI is InChI=1S/C19H30N6O5Si/c1-19(2,3)31(4,5)30-13-12-22(14-16-8-6-7-9-20-16)10-11-23-15-17(24(26)27)21-18(23)25(28)29/h6-9,15H,10-14H2,1-5H3. The zero-order valence-corrected chi connectivity index (χ0v) is 19.6. The number of nitro groups is 2. The van der Waals surface area contributed by atoms with E-state index in [9.17, 15) is 20.2 Å². The fraction of sp³-hybridized carbons (Fsp3) is 0.579. The average molecular weight is 451 g/mol. The third kappa shape index (κ3) is 6.91. The first-order valence-electron chi connectivity index (χ1n) is 10.0. The van der Waals surface area contributed by atoms with Gasteiger partial charge in [-0.1, -0.05) is 26.8 Å². The molecule has 0 aliphatic carbocycles. The molecule has 0 N–H and O–H groups in total. The number of hydrogen-bond donors (Lipinski definition) is 0. The number of nitrogens with zero attached hydrogens (tertiary/aromatic N) is 6. The van der Waals surface area contributed by atoms with Gasteiger partial charge in [-0.15, -0.1) is 0 Å². The summed E-state index contributed by atoms with van der Waals surface area (Å²) >= 11 is 0. The molecule has 2 aromatic heterocycles. The zero-order valence-electron chi connectivity index (χ0n) is 18.6. The summed E-state index contributed by atoms with van der Waals surface area (Å²) in [7, 11) is -1.91. The molecule has 0 saturated carbocycles. The van der Waals surface area contributed by atoms with Crippen molar-refractivity contribution >= 4 is 20.1 Å². The highest BCUT2D eigenvalue weighted by molar-refractivity contribution is 6.74. The molecule has 0 fully saturated rings. The van der Waals surface area contributed by atoms with E-state index in [2.05, 4.69) is 48.7 Å². The molecule has 31 heavy (non-hydrogen) atoms. The topological polar surface area (TPSA) is 129 Å². The van der Waals surface area contributed by atoms with Gasteiger partial charge in [0.15, 0.2) is 14.5 Å². The van der Waals surface area contributed by atoms with Crippen LogP contribution in [0.15, 0.2) is 30.6 Å². The van der Waals surface area contributed by atoms with Gasteiger partial charge < -0.3 is 24.7 Å². The Kier molecular flexibility index (Phi) is 7.98. The van der Waals surface area contributed by atoms with E-state index in [0.717, 1.165) is 11.9 Å². The maximum absolute atomic E-state index is 11.2. The maximum Gasteiger partial charge on any atom is 0.439 e. The summed E-state index contributed by atoms with van der Waals surface area (Å²) in [5.41, 5.74) is 0.862. The van der Waals surface area contributed by atoms with Gasteiger partial charge in [0.1, 0.15) is 0 Å². The van der Waals surface area contributed by atoms with Crippen LogP contribution >= 0.6 is 0 Å². The van der Waals surface area contributed by atoms with Gasteiger partial charge in [-0.2, -0.15) is 0 Å². The van der Waals surface area contributed by atoms with Crippen LogP contribution in [-0.2, 0) is 17.5 Å². The van der Waals surface area contributed by atoms with Gasteiger partial charge in [0.2, 0.25) is 0 Å². The van der Waals surface area contributed by atoms with Crippen LogP contribution in [0.3, 0.4) is 0 Å². The lowest BCUT2D eigenvalue weighted by Crippen LogP contribution is -2.43. The lowest BCUT2D eigenvalue weighted by atomic mass is 10.2. The quantitative estimate of drug-likeness (QED) is 0.288. The fourth-order valence-corrected chi connectivity index (χ4v) is 3.71. The first-order valence-corrected chi connectivity index (χ1v) is 12.9. The molecule has 12 heteroatoms. The van der Waals surface area contributed by atoms with Gasteiger partial charge >= 0.3 is 11.8 Å². The van der Waals surface area contributed by atoms with E-state index in [1.807, 2.05) is 18.2 Å². The van der Waals surface area contributed by atoms with Crippen molar-refractivity contribution in [1.82, 2.24) is 19.4 Å². The van der Waals surface area contributed by atoms with Crippen molar-refractivity contribution in [3.05, 3.63) is 56.5 Å². The molecule has 170 valence electrons. The van der Waals surface area contributed by atoms with Crippen LogP contribution in [0, 0.1) is 20.2 Å². The molecule has 0 spiro atoms. The summed E-state index contributed by atoms with van der Waals surface area (Å²) in [5, 5.41) is 22.3. The van der Waals surface area contributed by atoms with E-state index in [4.69, 9.17) is 4.43 Å². The molecule has 0 aromatic carbocycles. The molecule has 0 bridgehead atoms. The summed E-state index contributed by atoms with van der Waals surface area (Å²) in [6, 6.07) is 5.64. The van der Waals surface area contributed by atoms with Gasteiger partial charge in [0.25, 0.3) is 0 Å². The number of rotatable bonds is 11. The number of pyridine rings is 1. The minimum absolute atomic E-state index is 0.0924. The van der Waals surface area contributed by atoms with Crippen molar-refractivity contribution in [2.24, 2.45) is 0 Å². The molecular formula is C19H30N6O5Si.